The molecule has 2 aromatic carbocycles. The highest BCUT2D eigenvalue weighted by molar-refractivity contribution is 14.1. The zero-order chi connectivity index (χ0) is 25.6. The number of halogens is 1. The normalized spacial score (nSPS) is 14.9. The smallest absolute Gasteiger partial charge is 0.244 e. The number of ether oxygens (including phenoxy) is 1. The van der Waals surface area contributed by atoms with Gasteiger partial charge in [0.15, 0.2) is 0 Å². The summed E-state index contributed by atoms with van der Waals surface area (Å²) in [6, 6.07) is 13.5. The van der Waals surface area contributed by atoms with Crippen LogP contribution in [0.15, 0.2) is 48.5 Å². The molecule has 8 nitrogen and oxygen atoms in total. The van der Waals surface area contributed by atoms with E-state index in [0.29, 0.717) is 11.4 Å². The minimum Gasteiger partial charge on any atom is -0.497 e. The van der Waals surface area contributed by atoms with Crippen LogP contribution < -0.4 is 14.4 Å². The topological polar surface area (TPSA) is 96.0 Å². The van der Waals surface area contributed by atoms with E-state index < -0.39 is 28.5 Å². The van der Waals surface area contributed by atoms with Gasteiger partial charge >= 0.3 is 0 Å². The van der Waals surface area contributed by atoms with Gasteiger partial charge in [-0.15, -0.1) is 0 Å². The monoisotopic (exact) mass is 613 g/mol. The number of amides is 2. The summed E-state index contributed by atoms with van der Waals surface area (Å²) in [7, 11) is -2.18. The number of sulfonamides is 1. The lowest BCUT2D eigenvalue weighted by atomic mass is 10.1. The molecule has 1 atom stereocenters. The molecule has 1 aliphatic carbocycles. The van der Waals surface area contributed by atoms with Crippen LogP contribution in [0.4, 0.5) is 5.69 Å². The lowest BCUT2D eigenvalue weighted by molar-refractivity contribution is -0.139. The summed E-state index contributed by atoms with van der Waals surface area (Å²) < 4.78 is 32.5. The molecule has 1 aliphatic rings. The third-order valence-electron chi connectivity index (χ3n) is 6.15. The van der Waals surface area contributed by atoms with Crippen LogP contribution in [0.25, 0.3) is 0 Å². The van der Waals surface area contributed by atoms with Gasteiger partial charge in [-0.05, 0) is 84.3 Å². The number of nitrogens with zero attached hydrogens (tertiary/aromatic N) is 2. The molecule has 10 heteroatoms. The fourth-order valence-corrected chi connectivity index (χ4v) is 5.37. The van der Waals surface area contributed by atoms with Gasteiger partial charge in [-0.3, -0.25) is 13.9 Å². The highest BCUT2D eigenvalue weighted by Crippen LogP contribution is 2.22. The predicted octanol–water partition coefficient (Wildman–Crippen LogP) is 3.54. The maximum atomic E-state index is 13.6. The van der Waals surface area contributed by atoms with E-state index in [1.807, 2.05) is 12.1 Å². The number of anilines is 1. The minimum atomic E-state index is -3.74. The first-order valence-corrected chi connectivity index (χ1v) is 14.5. The van der Waals surface area contributed by atoms with Crippen molar-refractivity contribution in [3.05, 3.63) is 57.7 Å². The van der Waals surface area contributed by atoms with Crippen LogP contribution in [0.5, 0.6) is 5.75 Å². The number of benzene rings is 2. The van der Waals surface area contributed by atoms with Crippen LogP contribution in [0.3, 0.4) is 0 Å². The van der Waals surface area contributed by atoms with Gasteiger partial charge < -0.3 is 15.0 Å². The van der Waals surface area contributed by atoms with Gasteiger partial charge in [0.2, 0.25) is 21.8 Å². The lowest BCUT2D eigenvalue weighted by Gasteiger charge is -2.32. The predicted molar refractivity (Wildman–Crippen MR) is 145 cm³/mol. The zero-order valence-electron chi connectivity index (χ0n) is 20.2. The fourth-order valence-electron chi connectivity index (χ4n) is 4.16. The number of carbonyl (C=O) groups is 2. The summed E-state index contributed by atoms with van der Waals surface area (Å²) in [6.45, 7) is 1.40. The highest BCUT2D eigenvalue weighted by Gasteiger charge is 2.31. The van der Waals surface area contributed by atoms with Gasteiger partial charge in [0.1, 0.15) is 18.3 Å². The molecule has 2 aromatic rings. The Morgan fingerprint density at radius 1 is 1.14 bits per heavy atom. The molecule has 0 heterocycles. The Morgan fingerprint density at radius 3 is 2.40 bits per heavy atom. The number of hydrogen-bond donors (Lipinski definition) is 1. The molecule has 0 bridgehead atoms. The Balaban J connectivity index is 1.88. The molecule has 0 unspecified atom stereocenters. The summed E-state index contributed by atoms with van der Waals surface area (Å²) >= 11 is 2.13. The van der Waals surface area contributed by atoms with Gasteiger partial charge in [-0.25, -0.2) is 8.42 Å². The minimum absolute atomic E-state index is 0.109. The highest BCUT2D eigenvalue weighted by atomic mass is 127. The van der Waals surface area contributed by atoms with Crippen molar-refractivity contribution in [2.24, 2.45) is 0 Å². The van der Waals surface area contributed by atoms with Crippen molar-refractivity contribution in [3.63, 3.8) is 0 Å². The second-order valence-corrected chi connectivity index (χ2v) is 11.9. The zero-order valence-corrected chi connectivity index (χ0v) is 23.2. The van der Waals surface area contributed by atoms with E-state index in [1.165, 1.54) is 4.90 Å². The average molecular weight is 614 g/mol. The number of carbonyl (C=O) groups excluding carboxylic acids is 2. The summed E-state index contributed by atoms with van der Waals surface area (Å²) in [5.41, 5.74) is 1.17. The second kappa shape index (κ2) is 12.1. The molecule has 0 spiro atoms. The first-order valence-electron chi connectivity index (χ1n) is 11.5. The summed E-state index contributed by atoms with van der Waals surface area (Å²) in [5.74, 6) is -0.0752. The second-order valence-electron chi connectivity index (χ2n) is 8.79. The SMILES string of the molecule is COc1cccc(CN(C(=O)CN(c2ccc(I)cc2)S(C)(=O)=O)[C@@H](C)C(=O)NC2CCCC2)c1. The molecule has 190 valence electrons. The van der Waals surface area contributed by atoms with Gasteiger partial charge in [-0.1, -0.05) is 25.0 Å². The first-order chi connectivity index (χ1) is 16.6. The Morgan fingerprint density at radius 2 is 1.80 bits per heavy atom. The molecule has 1 fully saturated rings. The number of methoxy groups -OCH3 is 1. The van der Waals surface area contributed by atoms with Crippen molar-refractivity contribution in [1.29, 1.82) is 0 Å². The Hall–Kier alpha value is -2.34. The lowest BCUT2D eigenvalue weighted by Crippen LogP contribution is -2.52. The van der Waals surface area contributed by atoms with Gasteiger partial charge in [-0.2, -0.15) is 0 Å². The fraction of sp³-hybridized carbons (Fsp3) is 0.440. The molecule has 1 saturated carbocycles. The van der Waals surface area contributed by atoms with Crippen molar-refractivity contribution >= 4 is 50.1 Å². The molecule has 0 aromatic heterocycles. The standard InChI is InChI=1S/C25H32IN3O5S/c1-18(25(31)27-21-8-4-5-9-21)28(16-19-7-6-10-23(15-19)34-2)24(30)17-29(35(3,32)33)22-13-11-20(26)12-14-22/h6-7,10-15,18,21H,4-5,8-9,16-17H2,1-3H3,(H,27,31)/t18-/m0/s1. The molecule has 35 heavy (non-hydrogen) atoms. The van der Waals surface area contributed by atoms with E-state index in [0.717, 1.165) is 45.4 Å². The van der Waals surface area contributed by atoms with E-state index in [4.69, 9.17) is 4.74 Å². The third kappa shape index (κ3) is 7.57. The van der Waals surface area contributed by atoms with E-state index >= 15 is 0 Å². The summed E-state index contributed by atoms with van der Waals surface area (Å²) in [5, 5.41) is 3.05. The Kier molecular flexibility index (Phi) is 9.40. The molecule has 0 aliphatic heterocycles. The number of rotatable bonds is 10. The van der Waals surface area contributed by atoms with Crippen molar-refractivity contribution in [2.45, 2.75) is 51.2 Å². The van der Waals surface area contributed by atoms with Crippen LogP contribution in [-0.4, -0.2) is 57.1 Å². The van der Waals surface area contributed by atoms with Crippen LogP contribution in [-0.2, 0) is 26.2 Å². The molecule has 0 saturated heterocycles. The van der Waals surface area contributed by atoms with Crippen molar-refractivity contribution in [1.82, 2.24) is 10.2 Å². The summed E-state index contributed by atoms with van der Waals surface area (Å²) in [6.07, 6.45) is 5.07. The molecule has 3 rings (SSSR count). The van der Waals surface area contributed by atoms with Crippen LogP contribution in [0.1, 0.15) is 38.2 Å². The van der Waals surface area contributed by atoms with Crippen molar-refractivity contribution in [3.8, 4) is 5.75 Å². The first kappa shape index (κ1) is 27.3. The largest absolute Gasteiger partial charge is 0.497 e. The molecule has 1 N–H and O–H groups in total. The average Bonchev–Trinajstić information content (AvgIpc) is 3.33. The van der Waals surface area contributed by atoms with Gasteiger partial charge in [0.25, 0.3) is 0 Å². The number of hydrogen-bond acceptors (Lipinski definition) is 5. The van der Waals surface area contributed by atoms with Crippen LogP contribution >= 0.6 is 22.6 Å². The van der Waals surface area contributed by atoms with E-state index in [2.05, 4.69) is 27.9 Å². The maximum Gasteiger partial charge on any atom is 0.244 e. The van der Waals surface area contributed by atoms with E-state index in [-0.39, 0.29) is 18.5 Å². The Labute approximate surface area is 221 Å². The maximum absolute atomic E-state index is 13.6. The van der Waals surface area contributed by atoms with Crippen LogP contribution in [0.2, 0.25) is 0 Å². The molecule has 0 radical (unpaired) electrons. The number of nitrogens with one attached hydrogen (secondary N) is 1. The molecule has 2 amide bonds. The van der Waals surface area contributed by atoms with Gasteiger partial charge in [0.05, 0.1) is 19.1 Å². The molecular formula is C25H32IN3O5S. The van der Waals surface area contributed by atoms with Crippen molar-refractivity contribution in [2.75, 3.05) is 24.2 Å². The van der Waals surface area contributed by atoms with E-state index in [9.17, 15) is 18.0 Å². The van der Waals surface area contributed by atoms with Crippen LogP contribution in [0, 0.1) is 3.57 Å². The van der Waals surface area contributed by atoms with E-state index in [1.54, 1.807) is 50.4 Å². The van der Waals surface area contributed by atoms with Gasteiger partial charge in [0, 0.05) is 16.2 Å². The summed E-state index contributed by atoms with van der Waals surface area (Å²) in [4.78, 5) is 28.1. The molecular weight excluding hydrogens is 581 g/mol. The third-order valence-corrected chi connectivity index (χ3v) is 8.01. The van der Waals surface area contributed by atoms with Crippen molar-refractivity contribution < 1.29 is 22.7 Å². The quantitative estimate of drug-likeness (QED) is 0.414. The Bertz CT molecular complexity index is 1130.